The lowest BCUT2D eigenvalue weighted by Crippen LogP contribution is -2.23. The summed E-state index contributed by atoms with van der Waals surface area (Å²) < 4.78 is 11.8. The average Bonchev–Trinajstić information content (AvgIpc) is 3.02. The van der Waals surface area contributed by atoms with Crippen LogP contribution in [0.25, 0.3) is 11.1 Å². The van der Waals surface area contributed by atoms with Gasteiger partial charge in [0.25, 0.3) is 0 Å². The number of para-hydroxylation sites is 1. The van der Waals surface area contributed by atoms with Crippen molar-refractivity contribution in [3.63, 3.8) is 0 Å². The molecule has 0 saturated carbocycles. The molecular formula is C18H21NO2. The number of rotatable bonds is 5. The highest BCUT2D eigenvalue weighted by Gasteiger charge is 2.24. The van der Waals surface area contributed by atoms with Crippen LogP contribution in [-0.4, -0.2) is 25.4 Å². The third-order valence-corrected chi connectivity index (χ3v) is 3.85. The molecule has 2 unspecified atom stereocenters. The van der Waals surface area contributed by atoms with Crippen molar-refractivity contribution in [2.24, 2.45) is 5.73 Å². The molecule has 0 bridgehead atoms. The average molecular weight is 283 g/mol. The summed E-state index contributed by atoms with van der Waals surface area (Å²) in [6.07, 6.45) is 2.41. The fraction of sp³-hybridized carbons (Fsp3) is 0.333. The Morgan fingerprint density at radius 2 is 1.67 bits per heavy atom. The summed E-state index contributed by atoms with van der Waals surface area (Å²) in [5.41, 5.74) is 7.92. The molecule has 0 radical (unpaired) electrons. The van der Waals surface area contributed by atoms with Crippen molar-refractivity contribution in [2.45, 2.75) is 25.0 Å². The molecule has 0 aromatic heterocycles. The van der Waals surface area contributed by atoms with E-state index in [1.165, 1.54) is 5.56 Å². The highest BCUT2D eigenvalue weighted by atomic mass is 16.5. The molecule has 2 aromatic carbocycles. The molecule has 0 amide bonds. The lowest BCUT2D eigenvalue weighted by molar-refractivity contribution is 0.0223. The zero-order valence-corrected chi connectivity index (χ0v) is 12.1. The Labute approximate surface area is 125 Å². The van der Waals surface area contributed by atoms with E-state index in [0.717, 1.165) is 24.2 Å². The minimum atomic E-state index is 0.155. The van der Waals surface area contributed by atoms with Crippen LogP contribution in [0.15, 0.2) is 54.6 Å². The number of hydrogen-bond donors (Lipinski definition) is 1. The molecule has 3 rings (SSSR count). The predicted octanol–water partition coefficient (Wildman–Crippen LogP) is 3.24. The molecule has 1 fully saturated rings. The Kier molecular flexibility index (Phi) is 4.53. The van der Waals surface area contributed by atoms with Gasteiger partial charge >= 0.3 is 0 Å². The van der Waals surface area contributed by atoms with Crippen LogP contribution >= 0.6 is 0 Å². The largest absolute Gasteiger partial charge is 0.490 e. The zero-order chi connectivity index (χ0) is 14.5. The summed E-state index contributed by atoms with van der Waals surface area (Å²) in [4.78, 5) is 0. The molecule has 1 aliphatic rings. The number of benzene rings is 2. The van der Waals surface area contributed by atoms with Gasteiger partial charge < -0.3 is 15.2 Å². The molecule has 110 valence electrons. The van der Waals surface area contributed by atoms with Gasteiger partial charge in [0.15, 0.2) is 0 Å². The predicted molar refractivity (Wildman–Crippen MR) is 84.3 cm³/mol. The summed E-state index contributed by atoms with van der Waals surface area (Å²) in [5, 5.41) is 0. The van der Waals surface area contributed by atoms with Crippen molar-refractivity contribution in [3.05, 3.63) is 54.6 Å². The van der Waals surface area contributed by atoms with E-state index in [9.17, 15) is 0 Å². The number of nitrogens with two attached hydrogens (primary N) is 1. The van der Waals surface area contributed by atoms with Crippen LogP contribution in [-0.2, 0) is 4.74 Å². The zero-order valence-electron chi connectivity index (χ0n) is 12.1. The molecule has 3 nitrogen and oxygen atoms in total. The molecule has 2 atom stereocenters. The van der Waals surface area contributed by atoms with Gasteiger partial charge in [-0.1, -0.05) is 48.5 Å². The highest BCUT2D eigenvalue weighted by Crippen LogP contribution is 2.30. The number of hydrogen-bond acceptors (Lipinski definition) is 3. The van der Waals surface area contributed by atoms with Crippen LogP contribution in [0.3, 0.4) is 0 Å². The standard InChI is InChI=1S/C18H21NO2/c19-12-15-10-11-16(21-15)13-20-18-9-5-4-8-17(18)14-6-2-1-3-7-14/h1-9,15-16H,10-13,19H2. The SMILES string of the molecule is NCC1CCC(COc2ccccc2-c2ccccc2)O1. The van der Waals surface area contributed by atoms with Crippen molar-refractivity contribution in [1.29, 1.82) is 0 Å². The second kappa shape index (κ2) is 6.74. The molecule has 2 aromatic rings. The Bertz CT molecular complexity index is 570. The van der Waals surface area contributed by atoms with Gasteiger partial charge in [0.05, 0.1) is 12.2 Å². The lowest BCUT2D eigenvalue weighted by atomic mass is 10.1. The Hall–Kier alpha value is -1.84. The molecule has 21 heavy (non-hydrogen) atoms. The van der Waals surface area contributed by atoms with E-state index in [1.54, 1.807) is 0 Å². The molecule has 3 heteroatoms. The molecule has 1 heterocycles. The summed E-state index contributed by atoms with van der Waals surface area (Å²) in [6.45, 7) is 1.18. The van der Waals surface area contributed by atoms with E-state index in [-0.39, 0.29) is 12.2 Å². The topological polar surface area (TPSA) is 44.5 Å². The summed E-state index contributed by atoms with van der Waals surface area (Å²) >= 11 is 0. The van der Waals surface area contributed by atoms with Crippen molar-refractivity contribution >= 4 is 0 Å². The Morgan fingerprint density at radius 3 is 2.43 bits per heavy atom. The first kappa shape index (κ1) is 14.1. The minimum Gasteiger partial charge on any atom is -0.490 e. The maximum atomic E-state index is 6.00. The van der Waals surface area contributed by atoms with Gasteiger partial charge in [0, 0.05) is 12.1 Å². The van der Waals surface area contributed by atoms with E-state index in [4.69, 9.17) is 15.2 Å². The Morgan fingerprint density at radius 1 is 0.952 bits per heavy atom. The van der Waals surface area contributed by atoms with Gasteiger partial charge in [-0.3, -0.25) is 0 Å². The summed E-state index contributed by atoms with van der Waals surface area (Å²) in [6, 6.07) is 18.4. The van der Waals surface area contributed by atoms with Crippen molar-refractivity contribution in [3.8, 4) is 16.9 Å². The van der Waals surface area contributed by atoms with E-state index in [2.05, 4.69) is 18.2 Å². The Balaban J connectivity index is 1.69. The van der Waals surface area contributed by atoms with Gasteiger partial charge in [-0.15, -0.1) is 0 Å². The molecule has 1 aliphatic heterocycles. The van der Waals surface area contributed by atoms with Gasteiger partial charge in [0.2, 0.25) is 0 Å². The number of ether oxygens (including phenoxy) is 2. The molecule has 2 N–H and O–H groups in total. The molecule has 1 saturated heterocycles. The second-order valence-corrected chi connectivity index (χ2v) is 5.37. The van der Waals surface area contributed by atoms with Gasteiger partial charge in [-0.2, -0.15) is 0 Å². The fourth-order valence-electron chi connectivity index (χ4n) is 2.71. The normalized spacial score (nSPS) is 21.4. The smallest absolute Gasteiger partial charge is 0.127 e. The van der Waals surface area contributed by atoms with E-state index < -0.39 is 0 Å². The highest BCUT2D eigenvalue weighted by molar-refractivity contribution is 5.70. The third kappa shape index (κ3) is 3.43. The van der Waals surface area contributed by atoms with E-state index >= 15 is 0 Å². The molecule has 0 spiro atoms. The quantitative estimate of drug-likeness (QED) is 0.916. The van der Waals surface area contributed by atoms with Crippen LogP contribution in [0.1, 0.15) is 12.8 Å². The van der Waals surface area contributed by atoms with Gasteiger partial charge in [0.1, 0.15) is 12.4 Å². The summed E-state index contributed by atoms with van der Waals surface area (Å²) in [7, 11) is 0. The first-order chi connectivity index (χ1) is 10.4. The van der Waals surface area contributed by atoms with Crippen LogP contribution < -0.4 is 10.5 Å². The van der Waals surface area contributed by atoms with Crippen molar-refractivity contribution in [2.75, 3.05) is 13.2 Å². The first-order valence-electron chi connectivity index (χ1n) is 7.49. The maximum absolute atomic E-state index is 6.00. The third-order valence-electron chi connectivity index (χ3n) is 3.85. The first-order valence-corrected chi connectivity index (χ1v) is 7.49. The van der Waals surface area contributed by atoms with Gasteiger partial charge in [-0.05, 0) is 24.5 Å². The van der Waals surface area contributed by atoms with E-state index in [1.807, 2.05) is 36.4 Å². The van der Waals surface area contributed by atoms with Crippen LogP contribution in [0, 0.1) is 0 Å². The molecule has 0 aliphatic carbocycles. The summed E-state index contributed by atoms with van der Waals surface area (Å²) in [5.74, 6) is 0.906. The second-order valence-electron chi connectivity index (χ2n) is 5.37. The van der Waals surface area contributed by atoms with E-state index in [0.29, 0.717) is 13.2 Å². The monoisotopic (exact) mass is 283 g/mol. The van der Waals surface area contributed by atoms with Crippen LogP contribution in [0.2, 0.25) is 0 Å². The minimum absolute atomic E-state index is 0.155. The fourth-order valence-corrected chi connectivity index (χ4v) is 2.71. The van der Waals surface area contributed by atoms with Crippen molar-refractivity contribution < 1.29 is 9.47 Å². The maximum Gasteiger partial charge on any atom is 0.127 e. The lowest BCUT2D eigenvalue weighted by Gasteiger charge is -2.16. The van der Waals surface area contributed by atoms with Crippen LogP contribution in [0.5, 0.6) is 5.75 Å². The van der Waals surface area contributed by atoms with Crippen LogP contribution in [0.4, 0.5) is 0 Å². The molecular weight excluding hydrogens is 262 g/mol. The van der Waals surface area contributed by atoms with Crippen molar-refractivity contribution in [1.82, 2.24) is 0 Å². The van der Waals surface area contributed by atoms with Gasteiger partial charge in [-0.25, -0.2) is 0 Å².